The zero-order valence-corrected chi connectivity index (χ0v) is 7.10. The number of rotatable bonds is 1. The van der Waals surface area contributed by atoms with E-state index in [4.69, 9.17) is 25.5 Å². The van der Waals surface area contributed by atoms with Crippen LogP contribution in [0.3, 0.4) is 0 Å². The van der Waals surface area contributed by atoms with E-state index in [1.54, 1.807) is 0 Å². The fraction of sp³-hybridized carbons (Fsp3) is 0. The van der Waals surface area contributed by atoms with Crippen molar-refractivity contribution in [2.24, 2.45) is 0 Å². The summed E-state index contributed by atoms with van der Waals surface area (Å²) in [4.78, 5) is 26.5. The predicted molar refractivity (Wildman–Crippen MR) is 47.1 cm³/mol. The molecule has 6 N–H and O–H groups in total. The Morgan fingerprint density at radius 2 is 1.75 bits per heavy atom. The second-order valence-electron chi connectivity index (χ2n) is 2.41. The molecule has 1 aromatic rings. The fourth-order valence-electron chi connectivity index (χ4n) is 0.856. The van der Waals surface area contributed by atoms with Gasteiger partial charge in [-0.05, 0) is 0 Å². The first kappa shape index (κ1) is 9.22. The minimum atomic E-state index is -4.34. The zero-order valence-electron chi connectivity index (χ0n) is 6.10. The molecule has 0 radical (unpaired) electrons. The van der Waals surface area contributed by atoms with Gasteiger partial charge in [0, 0.05) is 0 Å². The van der Waals surface area contributed by atoms with Gasteiger partial charge in [-0.15, -0.1) is 0 Å². The topological polar surface area (TPSA) is 107 Å². The average molecular weight is 191 g/mol. The van der Waals surface area contributed by atoms with Gasteiger partial charge in [-0.3, -0.25) is 0 Å². The van der Waals surface area contributed by atoms with Crippen LogP contribution in [0, 0.1) is 0 Å². The molecule has 0 saturated carbocycles. The third-order valence-electron chi connectivity index (χ3n) is 1.40. The van der Waals surface area contributed by atoms with E-state index >= 15 is 0 Å². The molecule has 0 unspecified atom stereocenters. The molecule has 1 rings (SSSR count). The number of nitrogens with two attached hydrogens (primary N) is 1. The molecule has 0 bridgehead atoms. The second-order valence-corrected chi connectivity index (χ2v) is 4.22. The molecule has 1 aromatic carbocycles. The van der Waals surface area contributed by atoms with E-state index in [1.807, 2.05) is 0 Å². The number of benzene rings is 1. The van der Waals surface area contributed by atoms with Crippen LogP contribution < -0.4 is 11.0 Å². The van der Waals surface area contributed by atoms with Crippen molar-refractivity contribution in [2.75, 3.05) is 5.73 Å². The third kappa shape index (κ3) is 1.84. The molecule has 0 amide bonds. The van der Waals surface area contributed by atoms with Gasteiger partial charge in [-0.2, -0.15) is 0 Å². The van der Waals surface area contributed by atoms with E-state index in [1.165, 1.54) is 12.1 Å². The molecule has 0 heterocycles. The summed E-state index contributed by atoms with van der Waals surface area (Å²) in [7, 11) is -4.34. The van der Waals surface area contributed by atoms with Crippen molar-refractivity contribution in [2.45, 2.75) is 0 Å². The van der Waals surface area contributed by atoms with Crippen LogP contribution in [-0.4, -0.2) is 19.8 Å². The summed E-state index contributed by atoms with van der Waals surface area (Å²) in [5.74, 6) is -0.0884. The van der Waals surface area contributed by atoms with Crippen molar-refractivity contribution in [3.8, 4) is 5.75 Å². The zero-order chi connectivity index (χ0) is 9.35. The number of hydrogen-bond acceptors (Lipinski definition) is 5. The van der Waals surface area contributed by atoms with Crippen molar-refractivity contribution in [3.63, 3.8) is 0 Å². The van der Waals surface area contributed by atoms with Gasteiger partial charge in [-0.25, -0.2) is 0 Å². The first-order chi connectivity index (χ1) is 5.41. The van der Waals surface area contributed by atoms with Crippen molar-refractivity contribution in [1.29, 1.82) is 0 Å². The van der Waals surface area contributed by atoms with Crippen LogP contribution in [0.25, 0.3) is 0 Å². The van der Waals surface area contributed by atoms with Gasteiger partial charge < -0.3 is 0 Å². The molecule has 0 aliphatic carbocycles. The van der Waals surface area contributed by atoms with Crippen LogP contribution in [0.15, 0.2) is 18.2 Å². The van der Waals surface area contributed by atoms with E-state index in [9.17, 15) is 0 Å². The standard InChI is InChI=1S/C6H10NO4P/c7-5-3-4(8)1-2-6(5)12(9,10)11/h1-3,8-12H,7H2. The predicted octanol–water partition coefficient (Wildman–Crippen LogP) is -0.929. The molecular formula is C6H10NO4P. The monoisotopic (exact) mass is 191 g/mol. The van der Waals surface area contributed by atoms with E-state index in [2.05, 4.69) is 0 Å². The van der Waals surface area contributed by atoms with Crippen LogP contribution in [0.4, 0.5) is 5.69 Å². The van der Waals surface area contributed by atoms with E-state index in [0.717, 1.165) is 6.07 Å². The molecule has 0 aromatic heterocycles. The van der Waals surface area contributed by atoms with Gasteiger partial charge in [0.25, 0.3) is 0 Å². The number of anilines is 1. The van der Waals surface area contributed by atoms with Gasteiger partial charge in [0.2, 0.25) is 0 Å². The Morgan fingerprint density at radius 1 is 1.17 bits per heavy atom. The second kappa shape index (κ2) is 2.88. The first-order valence-electron chi connectivity index (χ1n) is 3.17. The maximum atomic E-state index is 8.89. The van der Waals surface area contributed by atoms with Gasteiger partial charge in [0.05, 0.1) is 0 Å². The van der Waals surface area contributed by atoms with E-state index < -0.39 is 7.94 Å². The van der Waals surface area contributed by atoms with Crippen LogP contribution >= 0.6 is 7.94 Å². The van der Waals surface area contributed by atoms with Gasteiger partial charge in [-0.1, -0.05) is 0 Å². The number of aromatic hydroxyl groups is 1. The summed E-state index contributed by atoms with van der Waals surface area (Å²) in [6.07, 6.45) is 0. The fourth-order valence-corrected chi connectivity index (χ4v) is 1.62. The number of nitrogen functional groups attached to an aromatic ring is 1. The summed E-state index contributed by atoms with van der Waals surface area (Å²) < 4.78 is 0. The molecule has 0 aliphatic heterocycles. The van der Waals surface area contributed by atoms with Gasteiger partial charge in [0.15, 0.2) is 0 Å². The molecule has 0 saturated heterocycles. The summed E-state index contributed by atoms with van der Waals surface area (Å²) in [5.41, 5.74) is 5.27. The SMILES string of the molecule is Nc1cc(O)ccc1[PH](O)(O)O. The van der Waals surface area contributed by atoms with Crippen molar-refractivity contribution in [1.82, 2.24) is 0 Å². The van der Waals surface area contributed by atoms with Crippen LogP contribution in [0.2, 0.25) is 0 Å². The molecule has 68 valence electrons. The Kier molecular flexibility index (Phi) is 2.21. The summed E-state index contributed by atoms with van der Waals surface area (Å²) in [6, 6.07) is 3.53. The molecule has 5 nitrogen and oxygen atoms in total. The Morgan fingerprint density at radius 3 is 2.17 bits per heavy atom. The van der Waals surface area contributed by atoms with E-state index in [0.29, 0.717) is 0 Å². The molecule has 6 heteroatoms. The molecule has 0 atom stereocenters. The maximum absolute atomic E-state index is 8.89. The normalized spacial score (nSPS) is 12.9. The van der Waals surface area contributed by atoms with Crippen molar-refractivity contribution in [3.05, 3.63) is 18.2 Å². The van der Waals surface area contributed by atoms with Crippen molar-refractivity contribution >= 4 is 18.9 Å². The average Bonchev–Trinajstić information content (AvgIpc) is 1.83. The molecular weight excluding hydrogens is 181 g/mol. The molecule has 0 spiro atoms. The number of hydrogen-bond donors (Lipinski definition) is 5. The molecule has 0 aliphatic rings. The molecule has 0 fully saturated rings. The quantitative estimate of drug-likeness (QED) is 0.291. The Hall–Kier alpha value is -0.870. The Balaban J connectivity index is 3.19. The van der Waals surface area contributed by atoms with Crippen LogP contribution in [-0.2, 0) is 0 Å². The number of phenolic OH excluding ortho intramolecular Hbond substituents is 1. The molecule has 12 heavy (non-hydrogen) atoms. The van der Waals surface area contributed by atoms with Gasteiger partial charge >= 0.3 is 68.4 Å². The minimum absolute atomic E-state index is 0.0332. The Labute approximate surface area is 69.3 Å². The summed E-state index contributed by atoms with van der Waals surface area (Å²) in [5, 5.41) is 8.77. The summed E-state index contributed by atoms with van der Waals surface area (Å²) >= 11 is 0. The van der Waals surface area contributed by atoms with Crippen LogP contribution in [0.5, 0.6) is 5.75 Å². The van der Waals surface area contributed by atoms with Gasteiger partial charge in [0.1, 0.15) is 0 Å². The Bertz CT molecular complexity index is 296. The number of phenols is 1. The first-order valence-corrected chi connectivity index (χ1v) is 5.01. The van der Waals surface area contributed by atoms with Crippen LogP contribution in [0.1, 0.15) is 0 Å². The van der Waals surface area contributed by atoms with Crippen molar-refractivity contribution < 1.29 is 19.8 Å². The third-order valence-corrected chi connectivity index (χ3v) is 2.57. The van der Waals surface area contributed by atoms with E-state index in [-0.39, 0.29) is 16.7 Å². The summed E-state index contributed by atoms with van der Waals surface area (Å²) in [6.45, 7) is 0.